The molecule has 1 aliphatic rings. The van der Waals surface area contributed by atoms with Crippen LogP contribution in [0.5, 0.6) is 0 Å². The molecule has 0 bridgehead atoms. The molecule has 0 spiro atoms. The zero-order valence-corrected chi connectivity index (χ0v) is 22.5. The van der Waals surface area contributed by atoms with Gasteiger partial charge in [-0.1, -0.05) is 35.6 Å². The Bertz CT molecular complexity index is 1620. The van der Waals surface area contributed by atoms with Gasteiger partial charge in [0.1, 0.15) is 6.04 Å². The number of para-hydroxylation sites is 1. The number of piperazine rings is 1. The maximum atomic E-state index is 13.6. The van der Waals surface area contributed by atoms with Crippen molar-refractivity contribution in [3.8, 4) is 0 Å². The van der Waals surface area contributed by atoms with Crippen LogP contribution >= 0.6 is 11.3 Å². The number of hydrogen-bond acceptors (Lipinski definition) is 9. The van der Waals surface area contributed by atoms with Crippen LogP contribution in [0.4, 0.5) is 5.13 Å². The Labute approximate surface area is 223 Å². The van der Waals surface area contributed by atoms with Crippen LogP contribution in [0.3, 0.4) is 0 Å². The van der Waals surface area contributed by atoms with Gasteiger partial charge in [0, 0.05) is 44.2 Å². The summed E-state index contributed by atoms with van der Waals surface area (Å²) in [5.74, 6) is 0.644. The molecule has 196 valence electrons. The number of hydrogen-bond donors (Lipinski definition) is 1. The summed E-state index contributed by atoms with van der Waals surface area (Å²) in [6, 6.07) is 14.0. The second kappa shape index (κ2) is 10.2. The summed E-state index contributed by atoms with van der Waals surface area (Å²) in [4.78, 5) is 26.2. The third kappa shape index (κ3) is 4.46. The largest absolute Gasteiger partial charge is 0.383 e. The maximum absolute atomic E-state index is 13.6. The van der Waals surface area contributed by atoms with Gasteiger partial charge < -0.3 is 14.6 Å². The third-order valence-electron chi connectivity index (χ3n) is 7.31. The van der Waals surface area contributed by atoms with E-state index in [0.29, 0.717) is 24.5 Å². The van der Waals surface area contributed by atoms with Crippen LogP contribution in [0.1, 0.15) is 28.6 Å². The normalized spacial score (nSPS) is 15.5. The molecule has 0 aliphatic carbocycles. The van der Waals surface area contributed by atoms with Crippen molar-refractivity contribution in [3.05, 3.63) is 75.3 Å². The molecule has 0 unspecified atom stereocenters. The molecule has 0 radical (unpaired) electrons. The summed E-state index contributed by atoms with van der Waals surface area (Å²) in [5, 5.41) is 14.7. The Hall–Kier alpha value is -3.67. The number of aromatic amines is 1. The number of H-pyrrole nitrogens is 1. The van der Waals surface area contributed by atoms with Gasteiger partial charge in [-0.3, -0.25) is 9.69 Å². The van der Waals surface area contributed by atoms with E-state index in [4.69, 9.17) is 9.72 Å². The van der Waals surface area contributed by atoms with Crippen LogP contribution in [-0.4, -0.2) is 75.0 Å². The Balaban J connectivity index is 1.37. The van der Waals surface area contributed by atoms with Gasteiger partial charge in [-0.05, 0) is 53.6 Å². The second-order valence-electron chi connectivity index (χ2n) is 9.68. The van der Waals surface area contributed by atoms with Crippen molar-refractivity contribution in [1.82, 2.24) is 35.1 Å². The molecule has 6 rings (SSSR count). The highest BCUT2D eigenvalue weighted by Crippen LogP contribution is 2.32. The van der Waals surface area contributed by atoms with E-state index in [0.717, 1.165) is 58.9 Å². The molecule has 5 aromatic rings. The predicted molar refractivity (Wildman–Crippen MR) is 149 cm³/mol. The third-order valence-corrected chi connectivity index (χ3v) is 8.41. The molecule has 38 heavy (non-hydrogen) atoms. The number of fused-ring (bicyclic) bond motifs is 2. The van der Waals surface area contributed by atoms with Crippen molar-refractivity contribution >= 4 is 37.6 Å². The molecule has 1 saturated heterocycles. The molecule has 1 aliphatic heterocycles. The summed E-state index contributed by atoms with van der Waals surface area (Å²) >= 11 is 1.72. The SMILES string of the molecule is COCCn1nnnc1[C@H](c1cc2c(C)ccc(C)c2[nH]c1=O)N1CCN(c2nc3ccccc3s2)CC1. The van der Waals surface area contributed by atoms with Gasteiger partial charge in [0.25, 0.3) is 5.56 Å². The number of rotatable bonds is 7. The average molecular weight is 531 g/mol. The molecule has 1 atom stereocenters. The first kappa shape index (κ1) is 24.7. The van der Waals surface area contributed by atoms with Crippen LogP contribution in [0.25, 0.3) is 21.1 Å². The zero-order chi connectivity index (χ0) is 26.2. The van der Waals surface area contributed by atoms with Crippen LogP contribution in [0, 0.1) is 13.8 Å². The van der Waals surface area contributed by atoms with Gasteiger partial charge >= 0.3 is 0 Å². The number of nitrogens with zero attached hydrogens (tertiary/aromatic N) is 7. The van der Waals surface area contributed by atoms with Gasteiger partial charge in [0.15, 0.2) is 11.0 Å². The summed E-state index contributed by atoms with van der Waals surface area (Å²) in [6.07, 6.45) is 0. The summed E-state index contributed by atoms with van der Waals surface area (Å²) < 4.78 is 8.23. The standard InChI is InChI=1S/C27H30N8O2S/c1-17-8-9-18(2)23-19(17)16-20(26(36)29-23)24(25-30-31-32-35(25)14-15-37-3)33-10-12-34(13-11-33)27-28-21-6-4-5-7-22(21)38-27/h4-9,16,24H,10-15H2,1-3H3,(H,29,36)/t24-/m0/s1. The van der Waals surface area contributed by atoms with Crippen molar-refractivity contribution in [3.63, 3.8) is 0 Å². The molecule has 0 saturated carbocycles. The monoisotopic (exact) mass is 530 g/mol. The van der Waals surface area contributed by atoms with E-state index in [2.05, 4.69) is 55.4 Å². The minimum Gasteiger partial charge on any atom is -0.383 e. The fourth-order valence-corrected chi connectivity index (χ4v) is 6.22. The van der Waals surface area contributed by atoms with E-state index < -0.39 is 6.04 Å². The smallest absolute Gasteiger partial charge is 0.253 e. The number of thiazole rings is 1. The molecule has 10 nitrogen and oxygen atoms in total. The Morgan fingerprint density at radius 1 is 1.08 bits per heavy atom. The van der Waals surface area contributed by atoms with Crippen LogP contribution in [0.15, 0.2) is 47.3 Å². The van der Waals surface area contributed by atoms with E-state index in [1.165, 1.54) is 4.70 Å². The van der Waals surface area contributed by atoms with Gasteiger partial charge in [0.05, 0.1) is 28.9 Å². The van der Waals surface area contributed by atoms with Gasteiger partial charge in [-0.15, -0.1) is 5.10 Å². The van der Waals surface area contributed by atoms with Gasteiger partial charge in [-0.2, -0.15) is 0 Å². The lowest BCUT2D eigenvalue weighted by atomic mass is 9.99. The number of aromatic nitrogens is 6. The first-order chi connectivity index (χ1) is 18.5. The fraction of sp³-hybridized carbons (Fsp3) is 0.370. The summed E-state index contributed by atoms with van der Waals surface area (Å²) in [5.41, 5.74) is 4.58. The molecule has 11 heteroatoms. The van der Waals surface area contributed by atoms with E-state index >= 15 is 0 Å². The number of nitrogens with one attached hydrogen (secondary N) is 1. The minimum absolute atomic E-state index is 0.119. The summed E-state index contributed by atoms with van der Waals surface area (Å²) in [7, 11) is 1.65. The molecule has 3 aromatic heterocycles. The number of pyridine rings is 1. The highest BCUT2D eigenvalue weighted by atomic mass is 32.1. The molecule has 0 amide bonds. The first-order valence-corrected chi connectivity index (χ1v) is 13.6. The minimum atomic E-state index is -0.396. The van der Waals surface area contributed by atoms with E-state index in [-0.39, 0.29) is 5.56 Å². The van der Waals surface area contributed by atoms with Crippen molar-refractivity contribution in [2.24, 2.45) is 0 Å². The molecule has 1 fully saturated rings. The van der Waals surface area contributed by atoms with E-state index in [1.54, 1.807) is 23.1 Å². The Morgan fingerprint density at radius 3 is 2.66 bits per heavy atom. The lowest BCUT2D eigenvalue weighted by Crippen LogP contribution is -2.49. The van der Waals surface area contributed by atoms with E-state index in [1.807, 2.05) is 31.2 Å². The highest BCUT2D eigenvalue weighted by molar-refractivity contribution is 7.22. The topological polar surface area (TPSA) is 105 Å². The zero-order valence-electron chi connectivity index (χ0n) is 21.7. The quantitative estimate of drug-likeness (QED) is 0.342. The molecular weight excluding hydrogens is 500 g/mol. The highest BCUT2D eigenvalue weighted by Gasteiger charge is 2.33. The van der Waals surface area contributed by atoms with Crippen LogP contribution < -0.4 is 10.5 Å². The van der Waals surface area contributed by atoms with Gasteiger partial charge in [-0.25, -0.2) is 9.67 Å². The lowest BCUT2D eigenvalue weighted by molar-refractivity contribution is 0.171. The Kier molecular flexibility index (Phi) is 6.64. The number of aryl methyl sites for hydroxylation is 2. The number of methoxy groups -OCH3 is 1. The number of ether oxygens (including phenoxy) is 1. The number of benzene rings is 2. The van der Waals surface area contributed by atoms with Crippen LogP contribution in [0.2, 0.25) is 0 Å². The van der Waals surface area contributed by atoms with E-state index in [9.17, 15) is 4.79 Å². The fourth-order valence-electron chi connectivity index (χ4n) is 5.20. The molecule has 2 aromatic carbocycles. The number of anilines is 1. The maximum Gasteiger partial charge on any atom is 0.253 e. The summed E-state index contributed by atoms with van der Waals surface area (Å²) in [6.45, 7) is 8.12. The Morgan fingerprint density at radius 2 is 1.87 bits per heavy atom. The molecule has 4 heterocycles. The number of tetrazole rings is 1. The lowest BCUT2D eigenvalue weighted by Gasteiger charge is -2.38. The molecular formula is C27H30N8O2S. The molecule has 1 N–H and O–H groups in total. The van der Waals surface area contributed by atoms with Crippen LogP contribution in [-0.2, 0) is 11.3 Å². The van der Waals surface area contributed by atoms with Crippen molar-refractivity contribution in [2.75, 3.05) is 44.8 Å². The van der Waals surface area contributed by atoms with Crippen molar-refractivity contribution < 1.29 is 4.74 Å². The first-order valence-electron chi connectivity index (χ1n) is 12.8. The van der Waals surface area contributed by atoms with Crippen molar-refractivity contribution in [2.45, 2.75) is 26.4 Å². The van der Waals surface area contributed by atoms with Crippen molar-refractivity contribution in [1.29, 1.82) is 0 Å². The average Bonchev–Trinajstić information content (AvgIpc) is 3.58. The van der Waals surface area contributed by atoms with Gasteiger partial charge in [0.2, 0.25) is 0 Å². The second-order valence-corrected chi connectivity index (χ2v) is 10.7. The predicted octanol–water partition coefficient (Wildman–Crippen LogP) is 3.30.